The van der Waals surface area contributed by atoms with Crippen LogP contribution >= 0.6 is 0 Å². The number of halogens is 1. The maximum absolute atomic E-state index is 13.1. The van der Waals surface area contributed by atoms with E-state index >= 15 is 0 Å². The average molecular weight is 442 g/mol. The molecule has 0 saturated carbocycles. The largest absolute Gasteiger partial charge is 0.480 e. The lowest BCUT2D eigenvalue weighted by molar-refractivity contribution is -0.141. The van der Waals surface area contributed by atoms with Gasteiger partial charge in [0.05, 0.1) is 16.3 Å². The fraction of sp³-hybridized carbons (Fsp3) is 0.278. The highest BCUT2D eigenvalue weighted by molar-refractivity contribution is 7.93. The Hall–Kier alpha value is -2.50. The van der Waals surface area contributed by atoms with Crippen LogP contribution in [0.1, 0.15) is 18.0 Å². The van der Waals surface area contributed by atoms with Crippen molar-refractivity contribution in [1.29, 1.82) is 0 Å². The van der Waals surface area contributed by atoms with E-state index in [2.05, 4.69) is 0 Å². The van der Waals surface area contributed by atoms with Gasteiger partial charge in [-0.3, -0.25) is 9.10 Å². The Labute approximate surface area is 168 Å². The van der Waals surface area contributed by atoms with Crippen LogP contribution in [-0.4, -0.2) is 51.6 Å². The average Bonchev–Trinajstić information content (AvgIpc) is 3.02. The Balaban J connectivity index is 1.92. The molecule has 2 aromatic carbocycles. The van der Waals surface area contributed by atoms with Gasteiger partial charge in [-0.15, -0.1) is 0 Å². The quantitative estimate of drug-likeness (QED) is 0.730. The molecule has 0 spiro atoms. The van der Waals surface area contributed by atoms with Gasteiger partial charge < -0.3 is 5.11 Å². The normalized spacial score (nSPS) is 17.4. The summed E-state index contributed by atoms with van der Waals surface area (Å²) in [5.74, 6) is -1.95. The van der Waals surface area contributed by atoms with E-state index in [4.69, 9.17) is 0 Å². The number of aliphatic carboxylic acids is 1. The SMILES string of the molecule is CN(C(C(=O)O)c1ccc(F)cc1)S(=O)(=O)c1ccc(N2CCCS2(=O)=O)cc1. The van der Waals surface area contributed by atoms with Crippen molar-refractivity contribution in [1.82, 2.24) is 4.31 Å². The number of likely N-dealkylation sites (N-methyl/N-ethyl adjacent to an activating group) is 1. The van der Waals surface area contributed by atoms with E-state index in [-0.39, 0.29) is 16.2 Å². The smallest absolute Gasteiger partial charge is 0.326 e. The summed E-state index contributed by atoms with van der Waals surface area (Å²) in [5, 5.41) is 9.55. The Bertz CT molecular complexity index is 1120. The second kappa shape index (κ2) is 7.73. The molecule has 1 N–H and O–H groups in total. The van der Waals surface area contributed by atoms with Crippen LogP contribution in [0.15, 0.2) is 53.4 Å². The Morgan fingerprint density at radius 3 is 2.21 bits per heavy atom. The van der Waals surface area contributed by atoms with Crippen LogP contribution in [0.25, 0.3) is 0 Å². The number of nitrogens with zero attached hydrogens (tertiary/aromatic N) is 2. The summed E-state index contributed by atoms with van der Waals surface area (Å²) >= 11 is 0. The maximum atomic E-state index is 13.1. The summed E-state index contributed by atoms with van der Waals surface area (Å²) in [5.41, 5.74) is 0.446. The zero-order valence-electron chi connectivity index (χ0n) is 15.4. The fourth-order valence-corrected chi connectivity index (χ4v) is 6.04. The summed E-state index contributed by atoms with van der Waals surface area (Å²) in [6.45, 7) is 0.319. The minimum Gasteiger partial charge on any atom is -0.480 e. The topological polar surface area (TPSA) is 112 Å². The van der Waals surface area contributed by atoms with Crippen molar-refractivity contribution < 1.29 is 31.1 Å². The number of hydrogen-bond donors (Lipinski definition) is 1. The van der Waals surface area contributed by atoms with Crippen LogP contribution in [0.5, 0.6) is 0 Å². The minimum absolute atomic E-state index is 0.0355. The van der Waals surface area contributed by atoms with Crippen molar-refractivity contribution in [3.05, 3.63) is 59.9 Å². The van der Waals surface area contributed by atoms with Crippen molar-refractivity contribution in [3.8, 4) is 0 Å². The summed E-state index contributed by atoms with van der Waals surface area (Å²) in [4.78, 5) is 11.5. The van der Waals surface area contributed by atoms with E-state index in [0.717, 1.165) is 19.2 Å². The van der Waals surface area contributed by atoms with Gasteiger partial charge in [-0.2, -0.15) is 4.31 Å². The molecule has 0 aromatic heterocycles. The van der Waals surface area contributed by atoms with E-state index in [1.54, 1.807) is 0 Å². The highest BCUT2D eigenvalue weighted by atomic mass is 32.2. The molecule has 3 rings (SSSR count). The summed E-state index contributed by atoms with van der Waals surface area (Å²) < 4.78 is 64.9. The van der Waals surface area contributed by atoms with Gasteiger partial charge in [-0.1, -0.05) is 12.1 Å². The molecule has 156 valence electrons. The van der Waals surface area contributed by atoms with Crippen molar-refractivity contribution in [2.45, 2.75) is 17.4 Å². The first-order valence-corrected chi connectivity index (χ1v) is 11.7. The van der Waals surface area contributed by atoms with Crippen LogP contribution in [0.2, 0.25) is 0 Å². The number of carbonyl (C=O) groups is 1. The number of rotatable bonds is 6. The zero-order valence-corrected chi connectivity index (χ0v) is 17.0. The fourth-order valence-electron chi connectivity index (χ4n) is 3.17. The first-order valence-electron chi connectivity index (χ1n) is 8.61. The molecule has 0 amide bonds. The van der Waals surface area contributed by atoms with E-state index < -0.39 is 37.9 Å². The van der Waals surface area contributed by atoms with E-state index in [1.807, 2.05) is 0 Å². The minimum atomic E-state index is -4.22. The number of hydrogen-bond acceptors (Lipinski definition) is 5. The predicted molar refractivity (Wildman–Crippen MR) is 104 cm³/mol. The van der Waals surface area contributed by atoms with Gasteiger partial charge >= 0.3 is 5.97 Å². The lowest BCUT2D eigenvalue weighted by Crippen LogP contribution is -2.36. The first kappa shape index (κ1) is 21.2. The molecule has 1 unspecified atom stereocenters. The molecular formula is C18H19FN2O6S2. The second-order valence-corrected chi connectivity index (χ2v) is 10.6. The van der Waals surface area contributed by atoms with Gasteiger partial charge in [-0.05, 0) is 48.4 Å². The molecule has 1 saturated heterocycles. The number of sulfonamides is 2. The molecule has 1 aliphatic rings. The van der Waals surface area contributed by atoms with Crippen LogP contribution in [0, 0.1) is 5.82 Å². The molecule has 1 fully saturated rings. The molecule has 1 heterocycles. The van der Waals surface area contributed by atoms with Crippen LogP contribution in [0.4, 0.5) is 10.1 Å². The molecule has 1 atom stereocenters. The first-order chi connectivity index (χ1) is 13.5. The third kappa shape index (κ3) is 4.11. The van der Waals surface area contributed by atoms with Gasteiger partial charge in [0.1, 0.15) is 11.9 Å². The lowest BCUT2D eigenvalue weighted by atomic mass is 10.1. The Morgan fingerprint density at radius 1 is 1.14 bits per heavy atom. The molecule has 0 aliphatic carbocycles. The molecule has 8 nitrogen and oxygen atoms in total. The highest BCUT2D eigenvalue weighted by Gasteiger charge is 2.35. The third-order valence-electron chi connectivity index (χ3n) is 4.68. The van der Waals surface area contributed by atoms with E-state index in [1.165, 1.54) is 40.7 Å². The van der Waals surface area contributed by atoms with Crippen LogP contribution < -0.4 is 4.31 Å². The number of anilines is 1. The maximum Gasteiger partial charge on any atom is 0.326 e. The van der Waals surface area contributed by atoms with Gasteiger partial charge in [-0.25, -0.2) is 21.2 Å². The molecule has 29 heavy (non-hydrogen) atoms. The van der Waals surface area contributed by atoms with Gasteiger partial charge in [0.2, 0.25) is 20.0 Å². The molecule has 2 aromatic rings. The third-order valence-corrected chi connectivity index (χ3v) is 8.39. The van der Waals surface area contributed by atoms with Crippen molar-refractivity contribution >= 4 is 31.7 Å². The van der Waals surface area contributed by atoms with Crippen molar-refractivity contribution in [2.75, 3.05) is 23.7 Å². The standard InChI is InChI=1S/C18H19FN2O6S2/c1-20(17(18(22)23)13-3-5-14(19)6-4-13)29(26,27)16-9-7-15(8-10-16)21-11-2-12-28(21,24)25/h3-10,17H,2,11-12H2,1H3,(H,22,23). The summed E-state index contributed by atoms with van der Waals surface area (Å²) in [6, 6.07) is 8.18. The predicted octanol–water partition coefficient (Wildman–Crippen LogP) is 1.81. The van der Waals surface area contributed by atoms with Crippen molar-refractivity contribution in [2.24, 2.45) is 0 Å². The van der Waals surface area contributed by atoms with E-state index in [0.29, 0.717) is 23.0 Å². The van der Waals surface area contributed by atoms with Gasteiger partial charge in [0.25, 0.3) is 0 Å². The summed E-state index contributed by atoms with van der Waals surface area (Å²) in [6.07, 6.45) is 0.489. The zero-order chi connectivity index (χ0) is 21.4. The molecule has 0 radical (unpaired) electrons. The van der Waals surface area contributed by atoms with Gasteiger partial charge in [0.15, 0.2) is 0 Å². The Kier molecular flexibility index (Phi) is 5.65. The lowest BCUT2D eigenvalue weighted by Gasteiger charge is -2.25. The number of carboxylic acid groups (broad SMARTS) is 1. The molecule has 1 aliphatic heterocycles. The molecular weight excluding hydrogens is 423 g/mol. The van der Waals surface area contributed by atoms with Crippen LogP contribution in [-0.2, 0) is 24.8 Å². The van der Waals surface area contributed by atoms with Crippen molar-refractivity contribution in [3.63, 3.8) is 0 Å². The molecule has 11 heteroatoms. The van der Waals surface area contributed by atoms with E-state index in [9.17, 15) is 31.1 Å². The number of benzene rings is 2. The van der Waals surface area contributed by atoms with Gasteiger partial charge in [0, 0.05) is 13.6 Å². The Morgan fingerprint density at radius 2 is 1.72 bits per heavy atom. The monoisotopic (exact) mass is 442 g/mol. The van der Waals surface area contributed by atoms with Crippen LogP contribution in [0.3, 0.4) is 0 Å². The second-order valence-electron chi connectivity index (χ2n) is 6.55. The number of carboxylic acids is 1. The highest BCUT2D eigenvalue weighted by Crippen LogP contribution is 2.29. The molecule has 0 bridgehead atoms. The summed E-state index contributed by atoms with van der Waals surface area (Å²) in [7, 11) is -6.50.